The smallest absolute Gasteiger partial charge is 0.148 e. The van der Waals surface area contributed by atoms with Crippen LogP contribution in [0.1, 0.15) is 22.3 Å². The maximum Gasteiger partial charge on any atom is 0.148 e. The van der Waals surface area contributed by atoms with Crippen molar-refractivity contribution in [1.82, 2.24) is 0 Å². The van der Waals surface area contributed by atoms with Gasteiger partial charge in [0.1, 0.15) is 12.4 Å². The summed E-state index contributed by atoms with van der Waals surface area (Å²) in [5.74, 6) is 0.769. The van der Waals surface area contributed by atoms with Crippen LogP contribution in [0.2, 0.25) is 5.02 Å². The molecular weight excluding hydrogens is 490 g/mol. The average molecular weight is 510 g/mol. The van der Waals surface area contributed by atoms with Gasteiger partial charge in [0, 0.05) is 22.8 Å². The monoisotopic (exact) mass is 507 g/mol. The standard InChI is InChI=1S/C22H20Br2ClNO/c1-14-6-5-9-21(15(14)2)26-12-16-10-18(23)22(19(24)11-16)27-13-17-7-3-4-8-20(17)25/h3-11,26H,12-13H2,1-2H3. The van der Waals surface area contributed by atoms with Crippen LogP contribution >= 0.6 is 43.5 Å². The minimum absolute atomic E-state index is 0.414. The summed E-state index contributed by atoms with van der Waals surface area (Å²) >= 11 is 13.5. The van der Waals surface area contributed by atoms with E-state index in [0.717, 1.165) is 38.1 Å². The van der Waals surface area contributed by atoms with E-state index >= 15 is 0 Å². The Bertz CT molecular complexity index is 936. The SMILES string of the molecule is Cc1cccc(NCc2cc(Br)c(OCc3ccccc3Cl)c(Br)c2)c1C. The van der Waals surface area contributed by atoms with Crippen molar-refractivity contribution in [2.75, 3.05) is 5.32 Å². The van der Waals surface area contributed by atoms with Crippen LogP contribution in [-0.4, -0.2) is 0 Å². The van der Waals surface area contributed by atoms with Crippen molar-refractivity contribution in [3.05, 3.63) is 90.8 Å². The summed E-state index contributed by atoms with van der Waals surface area (Å²) in [6.45, 7) is 5.40. The molecule has 0 aliphatic rings. The van der Waals surface area contributed by atoms with Crippen LogP contribution in [0.25, 0.3) is 0 Å². The maximum absolute atomic E-state index is 6.21. The summed E-state index contributed by atoms with van der Waals surface area (Å²) in [6.07, 6.45) is 0. The minimum Gasteiger partial charge on any atom is -0.486 e. The number of aryl methyl sites for hydroxylation is 1. The molecule has 0 spiro atoms. The first kappa shape index (κ1) is 20.2. The second-order valence-corrected chi connectivity index (χ2v) is 8.49. The fourth-order valence-corrected chi connectivity index (χ4v) is 4.46. The van der Waals surface area contributed by atoms with E-state index in [1.807, 2.05) is 24.3 Å². The van der Waals surface area contributed by atoms with Crippen LogP contribution in [0.5, 0.6) is 5.75 Å². The Morgan fingerprint density at radius 2 is 1.67 bits per heavy atom. The highest BCUT2D eigenvalue weighted by Crippen LogP contribution is 2.36. The molecule has 0 aromatic heterocycles. The fraction of sp³-hybridized carbons (Fsp3) is 0.182. The largest absolute Gasteiger partial charge is 0.486 e. The molecule has 0 atom stereocenters. The number of hydrogen-bond donors (Lipinski definition) is 1. The van der Waals surface area contributed by atoms with Gasteiger partial charge in [0.05, 0.1) is 8.95 Å². The number of nitrogens with one attached hydrogen (secondary N) is 1. The molecule has 140 valence electrons. The second kappa shape index (κ2) is 9.13. The van der Waals surface area contributed by atoms with Gasteiger partial charge >= 0.3 is 0 Å². The van der Waals surface area contributed by atoms with Gasteiger partial charge in [0.2, 0.25) is 0 Å². The lowest BCUT2D eigenvalue weighted by atomic mass is 10.1. The lowest BCUT2D eigenvalue weighted by Gasteiger charge is -2.15. The van der Waals surface area contributed by atoms with E-state index in [1.165, 1.54) is 11.1 Å². The van der Waals surface area contributed by atoms with Crippen molar-refractivity contribution in [2.24, 2.45) is 0 Å². The Morgan fingerprint density at radius 1 is 0.963 bits per heavy atom. The zero-order valence-corrected chi connectivity index (χ0v) is 19.1. The summed E-state index contributed by atoms with van der Waals surface area (Å²) in [7, 11) is 0. The zero-order valence-electron chi connectivity index (χ0n) is 15.2. The number of anilines is 1. The molecule has 3 rings (SSSR count). The molecule has 0 saturated carbocycles. The quantitative estimate of drug-likeness (QED) is 0.368. The molecule has 0 unspecified atom stereocenters. The molecule has 0 heterocycles. The molecule has 0 bridgehead atoms. The van der Waals surface area contributed by atoms with E-state index in [4.69, 9.17) is 16.3 Å². The third-order valence-corrected chi connectivity index (χ3v) is 6.02. The van der Waals surface area contributed by atoms with E-state index in [-0.39, 0.29) is 0 Å². The van der Waals surface area contributed by atoms with E-state index in [1.54, 1.807) is 0 Å². The highest BCUT2D eigenvalue weighted by Gasteiger charge is 2.11. The molecule has 3 aromatic carbocycles. The molecule has 5 heteroatoms. The number of benzene rings is 3. The zero-order chi connectivity index (χ0) is 19.4. The van der Waals surface area contributed by atoms with E-state index in [2.05, 4.69) is 81.4 Å². The maximum atomic E-state index is 6.21. The van der Waals surface area contributed by atoms with Crippen LogP contribution in [0.3, 0.4) is 0 Å². The van der Waals surface area contributed by atoms with Gasteiger partial charge in [-0.15, -0.1) is 0 Å². The van der Waals surface area contributed by atoms with E-state index < -0.39 is 0 Å². The predicted molar refractivity (Wildman–Crippen MR) is 121 cm³/mol. The van der Waals surface area contributed by atoms with Crippen LogP contribution in [0, 0.1) is 13.8 Å². The Balaban J connectivity index is 1.71. The number of hydrogen-bond acceptors (Lipinski definition) is 2. The molecular formula is C22H20Br2ClNO. The van der Waals surface area contributed by atoms with Gasteiger partial charge in [0.15, 0.2) is 0 Å². The Kier molecular flexibility index (Phi) is 6.85. The summed E-state index contributed by atoms with van der Waals surface area (Å²) < 4.78 is 7.80. The lowest BCUT2D eigenvalue weighted by molar-refractivity contribution is 0.302. The highest BCUT2D eigenvalue weighted by molar-refractivity contribution is 9.11. The molecule has 0 saturated heterocycles. The number of rotatable bonds is 6. The Labute approximate surface area is 182 Å². The van der Waals surface area contributed by atoms with Crippen molar-refractivity contribution < 1.29 is 4.74 Å². The van der Waals surface area contributed by atoms with Crippen molar-refractivity contribution in [3.63, 3.8) is 0 Å². The van der Waals surface area contributed by atoms with Crippen LogP contribution in [0.15, 0.2) is 63.5 Å². The van der Waals surface area contributed by atoms with E-state index in [0.29, 0.717) is 11.6 Å². The molecule has 0 radical (unpaired) electrons. The number of ether oxygens (including phenoxy) is 1. The van der Waals surface area contributed by atoms with Gasteiger partial charge in [-0.1, -0.05) is 41.9 Å². The van der Waals surface area contributed by atoms with Gasteiger partial charge in [-0.2, -0.15) is 0 Å². The normalized spacial score (nSPS) is 10.7. The van der Waals surface area contributed by atoms with Crippen LogP contribution in [0.4, 0.5) is 5.69 Å². The molecule has 2 nitrogen and oxygen atoms in total. The van der Waals surface area contributed by atoms with Crippen molar-refractivity contribution in [2.45, 2.75) is 27.0 Å². The van der Waals surface area contributed by atoms with Gasteiger partial charge in [-0.3, -0.25) is 0 Å². The minimum atomic E-state index is 0.414. The van der Waals surface area contributed by atoms with Crippen molar-refractivity contribution in [1.29, 1.82) is 0 Å². The third-order valence-electron chi connectivity index (χ3n) is 4.48. The molecule has 0 fully saturated rings. The molecule has 3 aromatic rings. The average Bonchev–Trinajstić information content (AvgIpc) is 2.63. The van der Waals surface area contributed by atoms with Crippen LogP contribution < -0.4 is 10.1 Å². The molecule has 0 aliphatic heterocycles. The van der Waals surface area contributed by atoms with Gasteiger partial charge in [-0.25, -0.2) is 0 Å². The fourth-order valence-electron chi connectivity index (χ4n) is 2.76. The Morgan fingerprint density at radius 3 is 2.37 bits per heavy atom. The molecule has 27 heavy (non-hydrogen) atoms. The highest BCUT2D eigenvalue weighted by atomic mass is 79.9. The van der Waals surface area contributed by atoms with Crippen molar-refractivity contribution in [3.8, 4) is 5.75 Å². The molecule has 0 aliphatic carbocycles. The Hall–Kier alpha value is -1.49. The molecule has 0 amide bonds. The third kappa shape index (κ3) is 5.07. The first-order chi connectivity index (χ1) is 13.0. The number of halogens is 3. The summed E-state index contributed by atoms with van der Waals surface area (Å²) in [5.41, 5.74) is 5.82. The predicted octanol–water partition coefficient (Wildman–Crippen LogP) is 7.67. The topological polar surface area (TPSA) is 21.3 Å². The van der Waals surface area contributed by atoms with Gasteiger partial charge in [-0.05, 0) is 86.7 Å². The van der Waals surface area contributed by atoms with Crippen molar-refractivity contribution >= 4 is 49.1 Å². The first-order valence-electron chi connectivity index (χ1n) is 8.60. The lowest BCUT2D eigenvalue weighted by Crippen LogP contribution is -2.03. The summed E-state index contributed by atoms with van der Waals surface area (Å²) in [6, 6.07) is 18.1. The second-order valence-electron chi connectivity index (χ2n) is 6.37. The first-order valence-corrected chi connectivity index (χ1v) is 10.6. The summed E-state index contributed by atoms with van der Waals surface area (Å²) in [5, 5.41) is 4.22. The van der Waals surface area contributed by atoms with E-state index in [9.17, 15) is 0 Å². The van der Waals surface area contributed by atoms with Gasteiger partial charge < -0.3 is 10.1 Å². The van der Waals surface area contributed by atoms with Gasteiger partial charge in [0.25, 0.3) is 0 Å². The van der Waals surface area contributed by atoms with Crippen LogP contribution in [-0.2, 0) is 13.2 Å². The summed E-state index contributed by atoms with van der Waals surface area (Å²) in [4.78, 5) is 0. The molecule has 1 N–H and O–H groups in total.